The number of anilines is 1. The molecule has 0 saturated carbocycles. The molecule has 4 nitrogen and oxygen atoms in total. The number of aromatic nitrogens is 2. The van der Waals surface area contributed by atoms with E-state index in [2.05, 4.69) is 71.6 Å². The molecule has 1 N–H and O–H groups in total. The van der Waals surface area contributed by atoms with Gasteiger partial charge in [0, 0.05) is 13.1 Å². The molecular formula is C23H25N3OS. The largest absolute Gasteiger partial charge is 0.497 e. The zero-order chi connectivity index (χ0) is 19.5. The molecule has 0 aliphatic heterocycles. The van der Waals surface area contributed by atoms with Crippen LogP contribution in [0, 0.1) is 5.92 Å². The van der Waals surface area contributed by atoms with Gasteiger partial charge < -0.3 is 14.6 Å². The van der Waals surface area contributed by atoms with Gasteiger partial charge in [-0.3, -0.25) is 0 Å². The number of hydrogen-bond donors (Lipinski definition) is 1. The fraction of sp³-hybridized carbons (Fsp3) is 0.261. The van der Waals surface area contributed by atoms with Gasteiger partial charge in [0.25, 0.3) is 0 Å². The number of ether oxygens (including phenoxy) is 1. The molecule has 0 unspecified atom stereocenters. The molecule has 0 fully saturated rings. The van der Waals surface area contributed by atoms with Gasteiger partial charge in [0.05, 0.1) is 28.7 Å². The minimum Gasteiger partial charge on any atom is -0.497 e. The van der Waals surface area contributed by atoms with Crippen molar-refractivity contribution in [2.24, 2.45) is 5.92 Å². The highest BCUT2D eigenvalue weighted by Crippen LogP contribution is 2.36. The summed E-state index contributed by atoms with van der Waals surface area (Å²) in [6.07, 6.45) is 0. The number of methoxy groups -OCH3 is 1. The Balaban J connectivity index is 1.64. The summed E-state index contributed by atoms with van der Waals surface area (Å²) in [5, 5.41) is 5.72. The van der Waals surface area contributed by atoms with Crippen molar-refractivity contribution >= 4 is 28.1 Å². The van der Waals surface area contributed by atoms with E-state index in [-0.39, 0.29) is 0 Å². The van der Waals surface area contributed by atoms with Crippen molar-refractivity contribution in [1.29, 1.82) is 0 Å². The summed E-state index contributed by atoms with van der Waals surface area (Å²) in [5.41, 5.74) is 4.59. The van der Waals surface area contributed by atoms with Crippen LogP contribution in [0.5, 0.6) is 5.75 Å². The van der Waals surface area contributed by atoms with E-state index in [0.717, 1.165) is 35.9 Å². The molecule has 0 atom stereocenters. The molecule has 2 aromatic heterocycles. The van der Waals surface area contributed by atoms with Crippen LogP contribution in [0.3, 0.4) is 0 Å². The Morgan fingerprint density at radius 1 is 1.07 bits per heavy atom. The lowest BCUT2D eigenvalue weighted by atomic mass is 10.2. The first-order valence-electron chi connectivity index (χ1n) is 9.55. The topological polar surface area (TPSA) is 39.1 Å². The normalized spacial score (nSPS) is 11.3. The van der Waals surface area contributed by atoms with Crippen LogP contribution < -0.4 is 10.1 Å². The van der Waals surface area contributed by atoms with Crippen molar-refractivity contribution in [3.63, 3.8) is 0 Å². The molecule has 4 rings (SSSR count). The third-order valence-corrected chi connectivity index (χ3v) is 5.62. The minimum atomic E-state index is 0.548. The van der Waals surface area contributed by atoms with Gasteiger partial charge in [-0.1, -0.05) is 38.1 Å². The van der Waals surface area contributed by atoms with Crippen LogP contribution in [-0.2, 0) is 13.1 Å². The summed E-state index contributed by atoms with van der Waals surface area (Å²) in [5.74, 6) is 2.47. The van der Waals surface area contributed by atoms with Gasteiger partial charge >= 0.3 is 0 Å². The van der Waals surface area contributed by atoms with Gasteiger partial charge in [-0.15, -0.1) is 11.3 Å². The van der Waals surface area contributed by atoms with E-state index in [1.54, 1.807) is 18.4 Å². The maximum Gasteiger partial charge on any atom is 0.153 e. The van der Waals surface area contributed by atoms with Gasteiger partial charge in [-0.25, -0.2) is 4.98 Å². The van der Waals surface area contributed by atoms with Crippen molar-refractivity contribution < 1.29 is 4.74 Å². The minimum absolute atomic E-state index is 0.548. The number of nitrogens with one attached hydrogen (secondary N) is 1. The Kier molecular flexibility index (Phi) is 5.35. The molecule has 4 aromatic rings. The van der Waals surface area contributed by atoms with Crippen LogP contribution in [0.4, 0.5) is 5.69 Å². The number of para-hydroxylation sites is 2. The van der Waals surface area contributed by atoms with E-state index >= 15 is 0 Å². The SMILES string of the molecule is COc1ccc(CNc2ccsc2-c2nc3ccccc3n2CC(C)C)cc1. The number of nitrogens with zero attached hydrogens (tertiary/aromatic N) is 2. The molecule has 0 amide bonds. The number of benzene rings is 2. The van der Waals surface area contributed by atoms with Crippen molar-refractivity contribution in [2.45, 2.75) is 26.9 Å². The highest BCUT2D eigenvalue weighted by molar-refractivity contribution is 7.14. The second-order valence-electron chi connectivity index (χ2n) is 7.29. The molecule has 0 aliphatic rings. The maximum atomic E-state index is 5.24. The van der Waals surface area contributed by atoms with Crippen molar-refractivity contribution in [1.82, 2.24) is 9.55 Å². The molecule has 0 aliphatic carbocycles. The highest BCUT2D eigenvalue weighted by Gasteiger charge is 2.17. The van der Waals surface area contributed by atoms with Crippen LogP contribution in [0.1, 0.15) is 19.4 Å². The summed E-state index contributed by atoms with van der Waals surface area (Å²) in [7, 11) is 1.69. The first-order valence-corrected chi connectivity index (χ1v) is 10.4. The van der Waals surface area contributed by atoms with E-state index in [9.17, 15) is 0 Å². The van der Waals surface area contributed by atoms with Crippen LogP contribution in [0.2, 0.25) is 0 Å². The van der Waals surface area contributed by atoms with Crippen LogP contribution >= 0.6 is 11.3 Å². The van der Waals surface area contributed by atoms with Gasteiger partial charge in [0.2, 0.25) is 0 Å². The van der Waals surface area contributed by atoms with Crippen molar-refractivity contribution in [3.05, 3.63) is 65.5 Å². The van der Waals surface area contributed by atoms with E-state index in [1.165, 1.54) is 16.0 Å². The Morgan fingerprint density at radius 3 is 2.61 bits per heavy atom. The number of rotatable bonds is 7. The lowest BCUT2D eigenvalue weighted by Gasteiger charge is -2.13. The summed E-state index contributed by atoms with van der Waals surface area (Å²) in [6, 6.07) is 18.7. The second kappa shape index (κ2) is 8.07. The van der Waals surface area contributed by atoms with Gasteiger partial charge in [0.1, 0.15) is 5.75 Å². The van der Waals surface area contributed by atoms with Gasteiger partial charge in [-0.05, 0) is 47.2 Å². The van der Waals surface area contributed by atoms with Gasteiger partial charge in [-0.2, -0.15) is 0 Å². The lowest BCUT2D eigenvalue weighted by Crippen LogP contribution is -2.07. The Bertz CT molecular complexity index is 1060. The van der Waals surface area contributed by atoms with E-state index in [0.29, 0.717) is 5.92 Å². The smallest absolute Gasteiger partial charge is 0.153 e. The number of fused-ring (bicyclic) bond motifs is 1. The fourth-order valence-electron chi connectivity index (χ4n) is 3.36. The van der Waals surface area contributed by atoms with Crippen LogP contribution in [0.15, 0.2) is 60.0 Å². The van der Waals surface area contributed by atoms with E-state index < -0.39 is 0 Å². The summed E-state index contributed by atoms with van der Waals surface area (Å²) in [6.45, 7) is 6.20. The first kappa shape index (κ1) is 18.6. The molecule has 0 radical (unpaired) electrons. The first-order chi connectivity index (χ1) is 13.7. The number of thiophene rings is 1. The van der Waals surface area contributed by atoms with E-state index in [1.807, 2.05) is 12.1 Å². The standard InChI is InChI=1S/C23H25N3OS/c1-16(2)15-26-21-7-5-4-6-19(21)25-23(26)22-20(12-13-28-22)24-14-17-8-10-18(27-3)11-9-17/h4-13,16,24H,14-15H2,1-3H3. The van der Waals surface area contributed by atoms with Crippen LogP contribution in [0.25, 0.3) is 21.7 Å². The molecule has 0 bridgehead atoms. The second-order valence-corrected chi connectivity index (χ2v) is 8.21. The Hall–Kier alpha value is -2.79. The molecule has 5 heteroatoms. The van der Waals surface area contributed by atoms with Crippen molar-refractivity contribution in [3.8, 4) is 16.5 Å². The molecule has 0 saturated heterocycles. The monoisotopic (exact) mass is 391 g/mol. The molecule has 144 valence electrons. The molecular weight excluding hydrogens is 366 g/mol. The molecule has 2 heterocycles. The van der Waals surface area contributed by atoms with Crippen LogP contribution in [-0.4, -0.2) is 16.7 Å². The number of imidazole rings is 1. The maximum absolute atomic E-state index is 5.24. The fourth-order valence-corrected chi connectivity index (χ4v) is 4.23. The predicted octanol–water partition coefficient (Wildman–Crippen LogP) is 6.04. The summed E-state index contributed by atoms with van der Waals surface area (Å²) >= 11 is 1.73. The average Bonchev–Trinajstić information content (AvgIpc) is 3.31. The zero-order valence-electron chi connectivity index (χ0n) is 16.5. The Labute approximate surface area is 169 Å². The predicted molar refractivity (Wildman–Crippen MR) is 118 cm³/mol. The lowest BCUT2D eigenvalue weighted by molar-refractivity contribution is 0.414. The number of hydrogen-bond acceptors (Lipinski definition) is 4. The quantitative estimate of drug-likeness (QED) is 0.417. The summed E-state index contributed by atoms with van der Waals surface area (Å²) in [4.78, 5) is 6.15. The Morgan fingerprint density at radius 2 is 1.86 bits per heavy atom. The highest BCUT2D eigenvalue weighted by atomic mass is 32.1. The van der Waals surface area contributed by atoms with Crippen molar-refractivity contribution in [2.75, 3.05) is 12.4 Å². The average molecular weight is 392 g/mol. The van der Waals surface area contributed by atoms with Gasteiger partial charge in [0.15, 0.2) is 5.82 Å². The summed E-state index contributed by atoms with van der Waals surface area (Å²) < 4.78 is 7.59. The molecule has 2 aromatic carbocycles. The third-order valence-electron chi connectivity index (χ3n) is 4.71. The zero-order valence-corrected chi connectivity index (χ0v) is 17.3. The molecule has 28 heavy (non-hydrogen) atoms. The van der Waals surface area contributed by atoms with E-state index in [4.69, 9.17) is 9.72 Å². The molecule has 0 spiro atoms. The third kappa shape index (κ3) is 3.76.